The number of rotatable bonds is 6. The summed E-state index contributed by atoms with van der Waals surface area (Å²) < 4.78 is 21.3. The van der Waals surface area contributed by atoms with Crippen molar-refractivity contribution in [3.63, 3.8) is 0 Å². The maximum Gasteiger partial charge on any atom is 0.319 e. The van der Waals surface area contributed by atoms with Crippen molar-refractivity contribution in [2.75, 3.05) is 0 Å². The summed E-state index contributed by atoms with van der Waals surface area (Å²) in [5.74, 6) is 0. The zero-order chi connectivity index (χ0) is 11.2. The van der Waals surface area contributed by atoms with E-state index in [4.69, 9.17) is 9.05 Å². The first-order chi connectivity index (χ1) is 7.84. The zero-order valence-electron chi connectivity index (χ0n) is 8.34. The summed E-state index contributed by atoms with van der Waals surface area (Å²) in [4.78, 5) is 0. The van der Waals surface area contributed by atoms with E-state index in [0.29, 0.717) is 11.4 Å². The minimum absolute atomic E-state index is 0.169. The van der Waals surface area contributed by atoms with E-state index in [9.17, 15) is 4.57 Å². The van der Waals surface area contributed by atoms with Crippen molar-refractivity contribution in [2.45, 2.75) is 13.2 Å². The van der Waals surface area contributed by atoms with E-state index in [1.54, 1.807) is 24.5 Å². The Kier molecular flexibility index (Phi) is 3.87. The fourth-order valence-electron chi connectivity index (χ4n) is 1.05. The van der Waals surface area contributed by atoms with Gasteiger partial charge in [0, 0.05) is 12.4 Å². The van der Waals surface area contributed by atoms with Gasteiger partial charge in [0.2, 0.25) is 0 Å². The highest BCUT2D eigenvalue weighted by Gasteiger charge is 2.03. The van der Waals surface area contributed by atoms with Gasteiger partial charge in [-0.15, -0.1) is 0 Å². The van der Waals surface area contributed by atoms with Crippen LogP contribution in [-0.4, -0.2) is 20.4 Å². The van der Waals surface area contributed by atoms with Gasteiger partial charge in [-0.2, -0.15) is 10.2 Å². The summed E-state index contributed by atoms with van der Waals surface area (Å²) in [6, 6.07) is 3.48. The van der Waals surface area contributed by atoms with Gasteiger partial charge < -0.3 is 9.05 Å². The molecule has 2 N–H and O–H groups in total. The standard InChI is InChI=1S/C8H11N4O3P/c13-16(14-5-7-1-3-9-11-7)15-6-8-2-4-10-12-8/h1-4,16H,5-6H2,(H,9,11)(H,10,12). The van der Waals surface area contributed by atoms with Crippen LogP contribution in [0.3, 0.4) is 0 Å². The SMILES string of the molecule is O=[PH](OCc1cc[nH]n1)OCc1cc[nH]n1. The Balaban J connectivity index is 1.69. The third-order valence-corrected chi connectivity index (χ3v) is 2.55. The molecule has 7 nitrogen and oxygen atoms in total. The predicted molar refractivity (Wildman–Crippen MR) is 55.8 cm³/mol. The van der Waals surface area contributed by atoms with E-state index in [1.165, 1.54) is 0 Å². The molecule has 0 atom stereocenters. The van der Waals surface area contributed by atoms with Crippen LogP contribution in [0.4, 0.5) is 0 Å². The number of hydrogen-bond donors (Lipinski definition) is 2. The molecule has 0 amide bonds. The summed E-state index contributed by atoms with van der Waals surface area (Å²) in [6.45, 7) is 0.337. The Morgan fingerprint density at radius 3 is 1.94 bits per heavy atom. The molecule has 0 aliphatic carbocycles. The molecule has 0 saturated heterocycles. The molecule has 0 spiro atoms. The highest BCUT2D eigenvalue weighted by Crippen LogP contribution is 2.26. The van der Waals surface area contributed by atoms with E-state index in [-0.39, 0.29) is 13.2 Å². The molecular weight excluding hydrogens is 231 g/mol. The monoisotopic (exact) mass is 242 g/mol. The van der Waals surface area contributed by atoms with Crippen molar-refractivity contribution in [1.29, 1.82) is 0 Å². The van der Waals surface area contributed by atoms with Crippen molar-refractivity contribution >= 4 is 8.25 Å². The fourth-order valence-corrected chi connectivity index (χ4v) is 1.66. The first-order valence-electron chi connectivity index (χ1n) is 4.61. The molecular formula is C8H11N4O3P. The second kappa shape index (κ2) is 5.60. The van der Waals surface area contributed by atoms with Crippen LogP contribution >= 0.6 is 8.25 Å². The Labute approximate surface area is 92.1 Å². The molecule has 8 heteroatoms. The Morgan fingerprint density at radius 2 is 1.56 bits per heavy atom. The largest absolute Gasteiger partial charge is 0.319 e. The topological polar surface area (TPSA) is 92.9 Å². The molecule has 2 aromatic rings. The van der Waals surface area contributed by atoms with Crippen molar-refractivity contribution in [2.24, 2.45) is 0 Å². The number of hydrogen-bond acceptors (Lipinski definition) is 5. The molecule has 2 aromatic heterocycles. The third kappa shape index (κ3) is 3.30. The smallest absolute Gasteiger partial charge is 0.304 e. The van der Waals surface area contributed by atoms with Crippen molar-refractivity contribution in [3.05, 3.63) is 35.9 Å². The quantitative estimate of drug-likeness (QED) is 0.743. The predicted octanol–water partition coefficient (Wildman–Crippen LogP) is 1.26. The molecule has 0 saturated carbocycles. The van der Waals surface area contributed by atoms with Gasteiger partial charge in [-0.25, -0.2) is 0 Å². The molecule has 2 rings (SSSR count). The van der Waals surface area contributed by atoms with E-state index in [0.717, 1.165) is 0 Å². The average Bonchev–Trinajstić information content (AvgIpc) is 2.96. The van der Waals surface area contributed by atoms with Gasteiger partial charge in [-0.1, -0.05) is 0 Å². The van der Waals surface area contributed by atoms with Crippen LogP contribution in [0.1, 0.15) is 11.4 Å². The zero-order valence-corrected chi connectivity index (χ0v) is 9.34. The van der Waals surface area contributed by atoms with Crippen LogP contribution in [-0.2, 0) is 26.8 Å². The molecule has 0 unspecified atom stereocenters. The second-order valence-corrected chi connectivity index (χ2v) is 4.04. The molecule has 0 aromatic carbocycles. The molecule has 16 heavy (non-hydrogen) atoms. The Hall–Kier alpha value is -1.43. The highest BCUT2D eigenvalue weighted by atomic mass is 31.1. The van der Waals surface area contributed by atoms with Crippen molar-refractivity contribution in [1.82, 2.24) is 20.4 Å². The summed E-state index contributed by atoms with van der Waals surface area (Å²) >= 11 is 0. The van der Waals surface area contributed by atoms with E-state index in [2.05, 4.69) is 20.4 Å². The van der Waals surface area contributed by atoms with Gasteiger partial charge in [0.25, 0.3) is 0 Å². The van der Waals surface area contributed by atoms with Crippen LogP contribution < -0.4 is 0 Å². The van der Waals surface area contributed by atoms with Crippen LogP contribution in [0, 0.1) is 0 Å². The molecule has 0 aliphatic heterocycles. The summed E-state index contributed by atoms with van der Waals surface area (Å²) in [5.41, 5.74) is 1.36. The van der Waals surface area contributed by atoms with Gasteiger partial charge in [0.1, 0.15) is 13.2 Å². The van der Waals surface area contributed by atoms with Crippen molar-refractivity contribution < 1.29 is 13.6 Å². The molecule has 0 bridgehead atoms. The Morgan fingerprint density at radius 1 is 1.06 bits per heavy atom. The number of aromatic amines is 2. The summed E-state index contributed by atoms with van der Waals surface area (Å²) in [6.07, 6.45) is 3.33. The van der Waals surface area contributed by atoms with Crippen LogP contribution in [0.25, 0.3) is 0 Å². The molecule has 86 valence electrons. The molecule has 0 radical (unpaired) electrons. The minimum Gasteiger partial charge on any atom is -0.304 e. The maximum absolute atomic E-state index is 11.3. The fraction of sp³-hybridized carbons (Fsp3) is 0.250. The third-order valence-electron chi connectivity index (χ3n) is 1.79. The lowest BCUT2D eigenvalue weighted by atomic mass is 10.5. The lowest BCUT2D eigenvalue weighted by molar-refractivity contribution is 0.209. The first kappa shape index (κ1) is 11.1. The number of nitrogens with one attached hydrogen (secondary N) is 2. The van der Waals surface area contributed by atoms with E-state index >= 15 is 0 Å². The Bertz CT molecular complexity index is 388. The number of nitrogens with zero attached hydrogens (tertiary/aromatic N) is 2. The van der Waals surface area contributed by atoms with Crippen LogP contribution in [0.2, 0.25) is 0 Å². The van der Waals surface area contributed by atoms with Gasteiger partial charge in [0.05, 0.1) is 11.4 Å². The van der Waals surface area contributed by atoms with Crippen molar-refractivity contribution in [3.8, 4) is 0 Å². The second-order valence-electron chi connectivity index (χ2n) is 2.96. The van der Waals surface area contributed by atoms with Gasteiger partial charge in [-0.3, -0.25) is 14.8 Å². The lowest BCUT2D eigenvalue weighted by Gasteiger charge is -2.02. The first-order valence-corrected chi connectivity index (χ1v) is 5.84. The van der Waals surface area contributed by atoms with Gasteiger partial charge in [0.15, 0.2) is 0 Å². The van der Waals surface area contributed by atoms with E-state index in [1.807, 2.05) is 0 Å². The normalized spacial score (nSPS) is 11.1. The average molecular weight is 242 g/mol. The minimum atomic E-state index is -2.50. The lowest BCUT2D eigenvalue weighted by Crippen LogP contribution is -1.90. The van der Waals surface area contributed by atoms with E-state index < -0.39 is 8.25 Å². The maximum atomic E-state index is 11.3. The molecule has 0 aliphatic rings. The highest BCUT2D eigenvalue weighted by molar-refractivity contribution is 7.33. The van der Waals surface area contributed by atoms with Crippen LogP contribution in [0.5, 0.6) is 0 Å². The van der Waals surface area contributed by atoms with Crippen LogP contribution in [0.15, 0.2) is 24.5 Å². The number of H-pyrrole nitrogens is 2. The summed E-state index contributed by atoms with van der Waals surface area (Å²) in [5, 5.41) is 13.0. The molecule has 2 heterocycles. The van der Waals surface area contributed by atoms with Gasteiger partial charge in [-0.05, 0) is 12.1 Å². The van der Waals surface area contributed by atoms with Gasteiger partial charge >= 0.3 is 8.25 Å². The summed E-state index contributed by atoms with van der Waals surface area (Å²) in [7, 11) is -2.50. The number of aromatic nitrogens is 4. The molecule has 0 fully saturated rings.